The summed E-state index contributed by atoms with van der Waals surface area (Å²) in [4.78, 5) is 7.29. The maximum absolute atomic E-state index is 5.05. The molecule has 1 N–H and O–H groups in total. The normalized spacial score (nSPS) is 10.3. The Morgan fingerprint density at radius 1 is 1.33 bits per heavy atom. The fourth-order valence-corrected chi connectivity index (χ4v) is 1.79. The summed E-state index contributed by atoms with van der Waals surface area (Å²) in [6, 6.07) is 7.86. The minimum Gasteiger partial charge on any atom is -0.331 e. The lowest BCUT2D eigenvalue weighted by molar-refractivity contribution is 1.16. The second kappa shape index (κ2) is 4.24. The first-order chi connectivity index (χ1) is 7.16. The van der Waals surface area contributed by atoms with Gasteiger partial charge in [-0.15, -0.1) is 0 Å². The van der Waals surface area contributed by atoms with Gasteiger partial charge in [0.1, 0.15) is 10.5 Å². The van der Waals surface area contributed by atoms with Crippen LogP contribution in [-0.2, 0) is 0 Å². The molecular formula is C11H9BrN2S. The summed E-state index contributed by atoms with van der Waals surface area (Å²) in [5, 5.41) is 0. The van der Waals surface area contributed by atoms with Crippen molar-refractivity contribution in [2.75, 3.05) is 0 Å². The summed E-state index contributed by atoms with van der Waals surface area (Å²) in [6.07, 6.45) is 1.71. The number of halogens is 1. The van der Waals surface area contributed by atoms with Crippen LogP contribution in [0.2, 0.25) is 0 Å². The molecule has 2 nitrogen and oxygen atoms in total. The van der Waals surface area contributed by atoms with Crippen molar-refractivity contribution in [2.24, 2.45) is 0 Å². The molecule has 0 atom stereocenters. The van der Waals surface area contributed by atoms with Gasteiger partial charge in [-0.25, -0.2) is 4.98 Å². The van der Waals surface area contributed by atoms with Crippen molar-refractivity contribution in [1.82, 2.24) is 9.97 Å². The summed E-state index contributed by atoms with van der Waals surface area (Å²) in [7, 11) is 0. The Morgan fingerprint density at radius 3 is 2.80 bits per heavy atom. The molecule has 0 saturated heterocycles. The van der Waals surface area contributed by atoms with Crippen molar-refractivity contribution in [3.63, 3.8) is 0 Å². The van der Waals surface area contributed by atoms with Gasteiger partial charge in [0.05, 0.1) is 0 Å². The van der Waals surface area contributed by atoms with Gasteiger partial charge in [-0.05, 0) is 24.6 Å². The van der Waals surface area contributed by atoms with E-state index in [1.807, 2.05) is 18.2 Å². The molecule has 0 bridgehead atoms. The van der Waals surface area contributed by atoms with Crippen LogP contribution in [0.5, 0.6) is 0 Å². The highest BCUT2D eigenvalue weighted by Gasteiger charge is 2.01. The molecule has 76 valence electrons. The van der Waals surface area contributed by atoms with Gasteiger partial charge in [0.25, 0.3) is 0 Å². The fourth-order valence-electron chi connectivity index (χ4n) is 1.26. The minimum absolute atomic E-state index is 0.691. The van der Waals surface area contributed by atoms with E-state index >= 15 is 0 Å². The van der Waals surface area contributed by atoms with E-state index < -0.39 is 0 Å². The first-order valence-electron chi connectivity index (χ1n) is 4.48. The second-order valence-corrected chi connectivity index (χ2v) is 4.54. The van der Waals surface area contributed by atoms with Gasteiger partial charge in [0.2, 0.25) is 0 Å². The number of hydrogen-bond donors (Lipinski definition) is 1. The predicted molar refractivity (Wildman–Crippen MR) is 67.3 cm³/mol. The van der Waals surface area contributed by atoms with Gasteiger partial charge in [-0.1, -0.05) is 40.3 Å². The van der Waals surface area contributed by atoms with Gasteiger partial charge in [-0.3, -0.25) is 0 Å². The molecule has 0 fully saturated rings. The molecule has 15 heavy (non-hydrogen) atoms. The Morgan fingerprint density at radius 2 is 2.13 bits per heavy atom. The van der Waals surface area contributed by atoms with Crippen LogP contribution in [0.1, 0.15) is 5.56 Å². The average molecular weight is 281 g/mol. The lowest BCUT2D eigenvalue weighted by Gasteiger charge is -2.03. The number of H-pyrrole nitrogens is 1. The summed E-state index contributed by atoms with van der Waals surface area (Å²) < 4.78 is 1.77. The topological polar surface area (TPSA) is 28.7 Å². The van der Waals surface area contributed by atoms with Gasteiger partial charge in [0, 0.05) is 16.2 Å². The number of nitrogens with zero attached hydrogens (tertiary/aromatic N) is 1. The van der Waals surface area contributed by atoms with Crippen molar-refractivity contribution >= 4 is 28.1 Å². The zero-order valence-electron chi connectivity index (χ0n) is 8.12. The molecule has 0 unspecified atom stereocenters. The molecule has 2 rings (SSSR count). The van der Waals surface area contributed by atoms with Gasteiger partial charge in [0.15, 0.2) is 0 Å². The van der Waals surface area contributed by atoms with Gasteiger partial charge >= 0.3 is 0 Å². The van der Waals surface area contributed by atoms with Crippen LogP contribution in [0, 0.1) is 11.6 Å². The number of nitrogens with one attached hydrogen (secondary N) is 1. The van der Waals surface area contributed by atoms with E-state index in [0.29, 0.717) is 4.64 Å². The molecule has 0 aliphatic rings. The molecule has 4 heteroatoms. The third-order valence-electron chi connectivity index (χ3n) is 2.12. The molecule has 1 aromatic carbocycles. The highest BCUT2D eigenvalue weighted by molar-refractivity contribution is 9.10. The quantitative estimate of drug-likeness (QED) is 0.804. The third-order valence-corrected chi connectivity index (χ3v) is 3.21. The van der Waals surface area contributed by atoms with Crippen LogP contribution in [0.15, 0.2) is 34.9 Å². The molecule has 0 amide bonds. The highest BCUT2D eigenvalue weighted by atomic mass is 79.9. The molecule has 0 radical (unpaired) electrons. The third kappa shape index (κ3) is 2.33. The van der Waals surface area contributed by atoms with E-state index in [0.717, 1.165) is 15.9 Å². The van der Waals surface area contributed by atoms with Crippen molar-refractivity contribution in [3.8, 4) is 11.4 Å². The second-order valence-electron chi connectivity index (χ2n) is 3.25. The van der Waals surface area contributed by atoms with Crippen LogP contribution < -0.4 is 0 Å². The van der Waals surface area contributed by atoms with E-state index in [1.165, 1.54) is 5.56 Å². The number of hydrogen-bond acceptors (Lipinski definition) is 2. The number of aromatic amines is 1. The standard InChI is InChI=1S/C11H9BrN2S/c1-7-2-3-8(6-9(7)12)11-13-5-4-10(15)14-11/h2-6H,1H3,(H,13,14,15). The predicted octanol–water partition coefficient (Wildman–Crippen LogP) is 3.88. The number of benzene rings is 1. The zero-order valence-corrected chi connectivity index (χ0v) is 10.5. The van der Waals surface area contributed by atoms with Crippen molar-refractivity contribution < 1.29 is 0 Å². The Balaban J connectivity index is 2.55. The van der Waals surface area contributed by atoms with Gasteiger partial charge < -0.3 is 4.98 Å². The Bertz CT molecular complexity index is 548. The number of aromatic nitrogens is 2. The van der Waals surface area contributed by atoms with E-state index in [-0.39, 0.29) is 0 Å². The molecule has 0 saturated carbocycles. The Labute approximate surface area is 102 Å². The average Bonchev–Trinajstić information content (AvgIpc) is 2.22. The van der Waals surface area contributed by atoms with Crippen LogP contribution in [-0.4, -0.2) is 9.97 Å². The molecule has 2 aromatic rings. The fraction of sp³-hybridized carbons (Fsp3) is 0.0909. The molecule has 0 aliphatic carbocycles. The molecule has 1 aromatic heterocycles. The lowest BCUT2D eigenvalue weighted by Crippen LogP contribution is -1.88. The number of aryl methyl sites for hydroxylation is 1. The summed E-state index contributed by atoms with van der Waals surface area (Å²) in [5.74, 6) is 0.795. The van der Waals surface area contributed by atoms with Crippen molar-refractivity contribution in [3.05, 3.63) is 45.1 Å². The molecule has 0 spiro atoms. The first-order valence-corrected chi connectivity index (χ1v) is 5.69. The van der Waals surface area contributed by atoms with E-state index in [9.17, 15) is 0 Å². The van der Waals surface area contributed by atoms with E-state index in [1.54, 1.807) is 12.3 Å². The molecule has 1 heterocycles. The lowest BCUT2D eigenvalue weighted by atomic mass is 10.1. The van der Waals surface area contributed by atoms with Gasteiger partial charge in [-0.2, -0.15) is 0 Å². The van der Waals surface area contributed by atoms with E-state index in [2.05, 4.69) is 32.8 Å². The zero-order chi connectivity index (χ0) is 10.8. The van der Waals surface area contributed by atoms with Crippen LogP contribution in [0.25, 0.3) is 11.4 Å². The van der Waals surface area contributed by atoms with E-state index in [4.69, 9.17) is 12.2 Å². The van der Waals surface area contributed by atoms with Crippen molar-refractivity contribution in [1.29, 1.82) is 0 Å². The Hall–Kier alpha value is -1.00. The minimum atomic E-state index is 0.691. The summed E-state index contributed by atoms with van der Waals surface area (Å²) in [6.45, 7) is 2.05. The molecular weight excluding hydrogens is 272 g/mol. The van der Waals surface area contributed by atoms with Crippen molar-refractivity contribution in [2.45, 2.75) is 6.92 Å². The molecule has 0 aliphatic heterocycles. The number of rotatable bonds is 1. The summed E-state index contributed by atoms with van der Waals surface area (Å²) >= 11 is 8.55. The van der Waals surface area contributed by atoms with Crippen LogP contribution >= 0.6 is 28.1 Å². The maximum atomic E-state index is 5.05. The Kier molecular flexibility index (Phi) is 2.98. The smallest absolute Gasteiger partial charge is 0.138 e. The monoisotopic (exact) mass is 280 g/mol. The first kappa shape index (κ1) is 10.5. The van der Waals surface area contributed by atoms with Crippen LogP contribution in [0.3, 0.4) is 0 Å². The van der Waals surface area contributed by atoms with Crippen LogP contribution in [0.4, 0.5) is 0 Å². The highest BCUT2D eigenvalue weighted by Crippen LogP contribution is 2.22. The maximum Gasteiger partial charge on any atom is 0.138 e. The SMILES string of the molecule is Cc1ccc(-c2nccc(=S)[nH]2)cc1Br. The summed E-state index contributed by atoms with van der Waals surface area (Å²) in [5.41, 5.74) is 2.23. The largest absolute Gasteiger partial charge is 0.331 e.